The number of imide groups is 1. The first-order chi connectivity index (χ1) is 16.9. The Labute approximate surface area is 210 Å². The number of anilines is 1. The van der Waals surface area contributed by atoms with E-state index in [1.54, 1.807) is 54.6 Å². The minimum atomic E-state index is -2.06. The second-order valence-electron chi connectivity index (χ2n) is 9.07. The van der Waals surface area contributed by atoms with Crippen LogP contribution in [0.15, 0.2) is 77.3 Å². The maximum Gasteiger partial charge on any atom is 0.241 e. The maximum absolute atomic E-state index is 13.9. The molecule has 1 spiro atoms. The van der Waals surface area contributed by atoms with Gasteiger partial charge in [-0.05, 0) is 41.8 Å². The highest BCUT2D eigenvalue weighted by molar-refractivity contribution is 9.10. The second kappa shape index (κ2) is 7.80. The second-order valence-corrected chi connectivity index (χ2v) is 9.98. The molecule has 3 aliphatic rings. The van der Waals surface area contributed by atoms with Crippen molar-refractivity contribution in [2.75, 3.05) is 4.90 Å². The van der Waals surface area contributed by atoms with Crippen LogP contribution < -0.4 is 4.90 Å². The lowest BCUT2D eigenvalue weighted by Gasteiger charge is -2.27. The highest BCUT2D eigenvalue weighted by Crippen LogP contribution is 2.57. The number of ketones is 2. The first kappa shape index (κ1) is 22.1. The summed E-state index contributed by atoms with van der Waals surface area (Å²) in [4.78, 5) is 56.4. The van der Waals surface area contributed by atoms with Crippen molar-refractivity contribution in [3.63, 3.8) is 0 Å². The summed E-state index contributed by atoms with van der Waals surface area (Å²) in [6.07, 6.45) is -0.118. The van der Waals surface area contributed by atoms with Crippen LogP contribution in [0.25, 0.3) is 0 Å². The first-order valence-electron chi connectivity index (χ1n) is 11.5. The van der Waals surface area contributed by atoms with Crippen LogP contribution in [-0.2, 0) is 20.7 Å². The summed E-state index contributed by atoms with van der Waals surface area (Å²) in [5.41, 5.74) is 0.481. The number of amides is 2. The van der Waals surface area contributed by atoms with Crippen LogP contribution in [0.1, 0.15) is 44.9 Å². The lowest BCUT2D eigenvalue weighted by Crippen LogP contribution is -2.51. The summed E-state index contributed by atoms with van der Waals surface area (Å²) >= 11 is 3.44. The standard InChI is InChI=1S/C28H20BrNO5/c1-2-15-10-12-18(13-11-15)30-26(33)21-22(27(30)34)28(35-23(21)16-6-5-7-17(29)14-16)24(31)19-8-3-4-9-20(19)25(28)32/h3-14,21-23H,2H2,1H3/t21-,22+,23+/m0/s1. The molecule has 0 bridgehead atoms. The van der Waals surface area contributed by atoms with Crippen molar-refractivity contribution in [1.29, 1.82) is 0 Å². The molecule has 35 heavy (non-hydrogen) atoms. The Morgan fingerprint density at radius 3 is 2.11 bits per heavy atom. The quantitative estimate of drug-likeness (QED) is 0.362. The zero-order chi connectivity index (χ0) is 24.5. The Kier molecular flexibility index (Phi) is 4.92. The molecular formula is C28H20BrNO5. The van der Waals surface area contributed by atoms with Gasteiger partial charge in [0.05, 0.1) is 23.6 Å². The zero-order valence-electron chi connectivity index (χ0n) is 18.7. The highest BCUT2D eigenvalue weighted by atomic mass is 79.9. The third-order valence-corrected chi connectivity index (χ3v) is 7.79. The Morgan fingerprint density at radius 2 is 1.51 bits per heavy atom. The van der Waals surface area contributed by atoms with Gasteiger partial charge in [-0.1, -0.05) is 71.4 Å². The van der Waals surface area contributed by atoms with E-state index in [0.29, 0.717) is 11.3 Å². The molecule has 0 saturated carbocycles. The molecule has 2 saturated heterocycles. The van der Waals surface area contributed by atoms with Gasteiger partial charge in [0.25, 0.3) is 0 Å². The predicted molar refractivity (Wildman–Crippen MR) is 131 cm³/mol. The number of carbonyl (C=O) groups is 4. The number of nitrogens with zero attached hydrogens (tertiary/aromatic N) is 1. The van der Waals surface area contributed by atoms with Crippen LogP contribution in [0.3, 0.4) is 0 Å². The molecule has 2 heterocycles. The molecule has 0 N–H and O–H groups in total. The van der Waals surface area contributed by atoms with Gasteiger partial charge >= 0.3 is 0 Å². The van der Waals surface area contributed by atoms with E-state index in [4.69, 9.17) is 4.74 Å². The summed E-state index contributed by atoms with van der Waals surface area (Å²) in [7, 11) is 0. The average molecular weight is 530 g/mol. The van der Waals surface area contributed by atoms with Gasteiger partial charge < -0.3 is 4.74 Å². The molecule has 3 atom stereocenters. The fourth-order valence-corrected chi connectivity index (χ4v) is 6.05. The van der Waals surface area contributed by atoms with Crippen LogP contribution >= 0.6 is 15.9 Å². The summed E-state index contributed by atoms with van der Waals surface area (Å²) in [6, 6.07) is 20.8. The lowest BCUT2D eigenvalue weighted by atomic mass is 9.77. The van der Waals surface area contributed by atoms with E-state index in [0.717, 1.165) is 21.4 Å². The largest absolute Gasteiger partial charge is 0.349 e. The van der Waals surface area contributed by atoms with Crippen LogP contribution in [0.5, 0.6) is 0 Å². The molecule has 174 valence electrons. The van der Waals surface area contributed by atoms with Crippen LogP contribution in [0.4, 0.5) is 5.69 Å². The van der Waals surface area contributed by atoms with Crippen LogP contribution in [-0.4, -0.2) is 29.0 Å². The SMILES string of the molecule is CCc1ccc(N2C(=O)[C@@H]3[C@@H](c4cccc(Br)c4)OC4(C(=O)c5ccccc5C4=O)[C@H]3C2=O)cc1. The highest BCUT2D eigenvalue weighted by Gasteiger charge is 2.74. The van der Waals surface area contributed by atoms with Gasteiger partial charge in [-0.15, -0.1) is 0 Å². The fraction of sp³-hybridized carbons (Fsp3) is 0.214. The maximum atomic E-state index is 13.9. The van der Waals surface area contributed by atoms with E-state index in [-0.39, 0.29) is 11.1 Å². The van der Waals surface area contributed by atoms with Gasteiger partial charge in [0.2, 0.25) is 29.0 Å². The van der Waals surface area contributed by atoms with Gasteiger partial charge in [0.1, 0.15) is 0 Å². The molecule has 7 heteroatoms. The molecule has 0 radical (unpaired) electrons. The molecule has 3 aromatic rings. The van der Waals surface area contributed by atoms with E-state index in [1.165, 1.54) is 0 Å². The molecule has 2 fully saturated rings. The molecule has 6 rings (SSSR count). The Balaban J connectivity index is 1.53. The molecule has 0 aromatic heterocycles. The van der Waals surface area contributed by atoms with E-state index in [9.17, 15) is 19.2 Å². The number of fused-ring (bicyclic) bond motifs is 3. The smallest absolute Gasteiger partial charge is 0.241 e. The molecule has 3 aromatic carbocycles. The van der Waals surface area contributed by atoms with Gasteiger partial charge in [0, 0.05) is 15.6 Å². The summed E-state index contributed by atoms with van der Waals surface area (Å²) < 4.78 is 7.06. The number of carbonyl (C=O) groups excluding carboxylic acids is 4. The van der Waals surface area contributed by atoms with Crippen molar-refractivity contribution in [2.24, 2.45) is 11.8 Å². The Bertz CT molecular complexity index is 1390. The number of hydrogen-bond acceptors (Lipinski definition) is 5. The fourth-order valence-electron chi connectivity index (χ4n) is 5.64. The zero-order valence-corrected chi connectivity index (χ0v) is 20.3. The Hall–Kier alpha value is -3.42. The molecule has 0 unspecified atom stereocenters. The predicted octanol–water partition coefficient (Wildman–Crippen LogP) is 4.71. The van der Waals surface area contributed by atoms with Gasteiger partial charge in [-0.2, -0.15) is 0 Å². The van der Waals surface area contributed by atoms with E-state index in [1.807, 2.05) is 25.1 Å². The number of benzene rings is 3. The van der Waals surface area contributed by atoms with Crippen molar-refractivity contribution in [2.45, 2.75) is 25.0 Å². The van der Waals surface area contributed by atoms with Crippen molar-refractivity contribution >= 4 is 45.0 Å². The molecule has 2 amide bonds. The number of ether oxygens (including phenoxy) is 1. The van der Waals surface area contributed by atoms with Crippen LogP contribution in [0.2, 0.25) is 0 Å². The molecular weight excluding hydrogens is 510 g/mol. The number of hydrogen-bond donors (Lipinski definition) is 0. The van der Waals surface area contributed by atoms with Crippen molar-refractivity contribution in [1.82, 2.24) is 0 Å². The minimum Gasteiger partial charge on any atom is -0.349 e. The third kappa shape index (κ3) is 2.91. The summed E-state index contributed by atoms with van der Waals surface area (Å²) in [5, 5.41) is 0. The van der Waals surface area contributed by atoms with Crippen LogP contribution in [0, 0.1) is 11.8 Å². The first-order valence-corrected chi connectivity index (χ1v) is 12.3. The van der Waals surface area contributed by atoms with Crippen molar-refractivity contribution in [3.8, 4) is 0 Å². The number of halogens is 1. The normalized spacial score (nSPS) is 24.4. The number of rotatable bonds is 3. The van der Waals surface area contributed by atoms with Gasteiger partial charge in [-0.3, -0.25) is 19.2 Å². The number of aryl methyl sites for hydroxylation is 1. The third-order valence-electron chi connectivity index (χ3n) is 7.30. The Morgan fingerprint density at radius 1 is 0.857 bits per heavy atom. The molecule has 6 nitrogen and oxygen atoms in total. The van der Waals surface area contributed by atoms with Gasteiger partial charge in [-0.25, -0.2) is 4.90 Å². The average Bonchev–Trinajstić information content (AvgIpc) is 3.44. The van der Waals surface area contributed by atoms with Gasteiger partial charge in [0.15, 0.2) is 0 Å². The molecule has 1 aliphatic carbocycles. The summed E-state index contributed by atoms with van der Waals surface area (Å²) in [6.45, 7) is 2.02. The van der Waals surface area contributed by atoms with Crippen molar-refractivity contribution < 1.29 is 23.9 Å². The van der Waals surface area contributed by atoms with Crippen molar-refractivity contribution in [3.05, 3.63) is 99.5 Å². The van der Waals surface area contributed by atoms with E-state index in [2.05, 4.69) is 15.9 Å². The number of Topliss-reactive ketones (excluding diaryl/α,β-unsaturated/α-hetero) is 2. The van der Waals surface area contributed by atoms with E-state index >= 15 is 0 Å². The monoisotopic (exact) mass is 529 g/mol. The molecule has 2 aliphatic heterocycles. The minimum absolute atomic E-state index is 0.220. The lowest BCUT2D eigenvalue weighted by molar-refractivity contribution is -0.127. The summed E-state index contributed by atoms with van der Waals surface area (Å²) in [5.74, 6) is -4.44. The topological polar surface area (TPSA) is 80.8 Å². The van der Waals surface area contributed by atoms with E-state index < -0.39 is 46.9 Å².